The molecule has 39 heavy (non-hydrogen) atoms. The zero-order valence-electron chi connectivity index (χ0n) is 21.4. The van der Waals surface area contributed by atoms with E-state index >= 15 is 0 Å². The molecule has 4 aromatic rings. The molecule has 0 saturated carbocycles. The molecule has 1 amide bonds. The van der Waals surface area contributed by atoms with Crippen molar-refractivity contribution in [2.24, 2.45) is 0 Å². The number of methoxy groups -OCH3 is 2. The fourth-order valence-electron chi connectivity index (χ4n) is 4.33. The smallest absolute Gasteiger partial charge is 0.255 e. The number of rotatable bonds is 8. The number of nitrogens with zero attached hydrogens (tertiary/aromatic N) is 3. The third-order valence-corrected chi connectivity index (χ3v) is 6.89. The minimum Gasteiger partial charge on any atom is -0.497 e. The van der Waals surface area contributed by atoms with E-state index in [1.54, 1.807) is 42.1 Å². The Hall–Kier alpha value is -4.21. The van der Waals surface area contributed by atoms with Gasteiger partial charge < -0.3 is 24.8 Å². The van der Waals surface area contributed by atoms with Crippen LogP contribution in [0.2, 0.25) is 10.0 Å². The molecule has 1 aliphatic rings. The van der Waals surface area contributed by atoms with Gasteiger partial charge in [0, 0.05) is 27.4 Å². The number of carbonyl (C=O) groups excluding carboxylic acids is 1. The number of nitrogens with one attached hydrogen (secondary N) is 2. The number of halogens is 2. The molecule has 2 N–H and O–H groups in total. The maximum Gasteiger partial charge on any atom is 0.255 e. The van der Waals surface area contributed by atoms with Gasteiger partial charge in [-0.15, -0.1) is 0 Å². The maximum absolute atomic E-state index is 13.7. The van der Waals surface area contributed by atoms with Crippen LogP contribution >= 0.6 is 23.2 Å². The first kappa shape index (κ1) is 26.4. The van der Waals surface area contributed by atoms with Crippen LogP contribution in [0.4, 0.5) is 11.6 Å². The molecule has 200 valence electrons. The highest BCUT2D eigenvalue weighted by Gasteiger charge is 2.33. The molecule has 11 heteroatoms. The Bertz CT molecular complexity index is 1550. The summed E-state index contributed by atoms with van der Waals surface area (Å²) in [7, 11) is 3.10. The van der Waals surface area contributed by atoms with E-state index in [0.29, 0.717) is 50.2 Å². The van der Waals surface area contributed by atoms with E-state index in [-0.39, 0.29) is 12.5 Å². The van der Waals surface area contributed by atoms with Crippen molar-refractivity contribution >= 4 is 40.7 Å². The summed E-state index contributed by atoms with van der Waals surface area (Å²) in [6.07, 6.45) is 1.45. The quantitative estimate of drug-likeness (QED) is 0.266. The SMILES string of the molecule is COc1ccc(NC(=O)C2=C(C)Nc3ncnn3[C@@H]2c2ccc(OCc3ccc(Cl)cc3Cl)cc2)c(OC)c1. The molecule has 5 rings (SSSR count). The van der Waals surface area contributed by atoms with E-state index in [2.05, 4.69) is 20.7 Å². The summed E-state index contributed by atoms with van der Waals surface area (Å²) in [6.45, 7) is 2.12. The number of hydrogen-bond acceptors (Lipinski definition) is 7. The van der Waals surface area contributed by atoms with E-state index in [9.17, 15) is 4.79 Å². The lowest BCUT2D eigenvalue weighted by Crippen LogP contribution is -2.31. The molecular weight excluding hydrogens is 541 g/mol. The van der Waals surface area contributed by atoms with Gasteiger partial charge in [-0.05, 0) is 48.9 Å². The maximum atomic E-state index is 13.7. The number of anilines is 2. The van der Waals surface area contributed by atoms with Gasteiger partial charge >= 0.3 is 0 Å². The molecule has 3 aromatic carbocycles. The van der Waals surface area contributed by atoms with Gasteiger partial charge in [-0.25, -0.2) is 4.68 Å². The Morgan fingerprint density at radius 1 is 1.03 bits per heavy atom. The average Bonchev–Trinajstić information content (AvgIpc) is 3.40. The molecule has 1 aromatic heterocycles. The molecule has 1 atom stereocenters. The Balaban J connectivity index is 1.41. The standard InChI is InChI=1S/C28H25Cl2N5O4/c1-16-25(27(36)34-23-11-10-21(37-2)13-24(23)38-3)26(35-28(33-16)31-15-32-35)17-5-8-20(9-6-17)39-14-18-4-7-19(29)12-22(18)30/h4-13,15,26H,14H2,1-3H3,(H,34,36)(H,31,32,33)/t26-/m1/s1. The molecule has 9 nitrogen and oxygen atoms in total. The van der Waals surface area contributed by atoms with Gasteiger partial charge in [0.15, 0.2) is 0 Å². The van der Waals surface area contributed by atoms with Gasteiger partial charge in [-0.3, -0.25) is 4.79 Å². The second-order valence-corrected chi connectivity index (χ2v) is 9.55. The molecule has 0 fully saturated rings. The van der Waals surface area contributed by atoms with Gasteiger partial charge in [0.2, 0.25) is 5.95 Å². The second-order valence-electron chi connectivity index (χ2n) is 8.71. The number of fused-ring (bicyclic) bond motifs is 1. The molecule has 0 spiro atoms. The fourth-order valence-corrected chi connectivity index (χ4v) is 4.79. The van der Waals surface area contributed by atoms with Crippen LogP contribution in [0.5, 0.6) is 17.2 Å². The highest BCUT2D eigenvalue weighted by molar-refractivity contribution is 6.35. The van der Waals surface area contributed by atoms with Crippen LogP contribution in [0.15, 0.2) is 78.3 Å². The monoisotopic (exact) mass is 565 g/mol. The van der Waals surface area contributed by atoms with Crippen molar-refractivity contribution in [3.05, 3.63) is 99.4 Å². The topological polar surface area (TPSA) is 99.5 Å². The van der Waals surface area contributed by atoms with Crippen molar-refractivity contribution < 1.29 is 19.0 Å². The minimum absolute atomic E-state index is 0.284. The van der Waals surface area contributed by atoms with E-state index in [4.69, 9.17) is 37.4 Å². The van der Waals surface area contributed by atoms with E-state index in [1.165, 1.54) is 13.4 Å². The molecular formula is C28H25Cl2N5O4. The highest BCUT2D eigenvalue weighted by atomic mass is 35.5. The van der Waals surface area contributed by atoms with Crippen molar-refractivity contribution in [3.8, 4) is 17.2 Å². The number of allylic oxidation sites excluding steroid dienone is 1. The third kappa shape index (κ3) is 5.50. The van der Waals surface area contributed by atoms with Crippen molar-refractivity contribution in [2.45, 2.75) is 19.6 Å². The van der Waals surface area contributed by atoms with Crippen molar-refractivity contribution in [1.82, 2.24) is 14.8 Å². The summed E-state index contributed by atoms with van der Waals surface area (Å²) in [5.41, 5.74) is 3.29. The summed E-state index contributed by atoms with van der Waals surface area (Å²) >= 11 is 12.3. The number of amides is 1. The number of ether oxygens (including phenoxy) is 3. The van der Waals surface area contributed by atoms with E-state index < -0.39 is 6.04 Å². The Morgan fingerprint density at radius 2 is 1.79 bits per heavy atom. The summed E-state index contributed by atoms with van der Waals surface area (Å²) in [6, 6.07) is 17.4. The van der Waals surface area contributed by atoms with Crippen molar-refractivity contribution in [2.75, 3.05) is 24.9 Å². The normalized spacial score (nSPS) is 14.3. The molecule has 2 heterocycles. The molecule has 0 unspecified atom stereocenters. The van der Waals surface area contributed by atoms with Crippen molar-refractivity contribution in [1.29, 1.82) is 0 Å². The Morgan fingerprint density at radius 3 is 2.51 bits per heavy atom. The van der Waals surface area contributed by atoms with Crippen LogP contribution in [0, 0.1) is 0 Å². The molecule has 0 aliphatic carbocycles. The lowest BCUT2D eigenvalue weighted by Gasteiger charge is -2.29. The third-order valence-electron chi connectivity index (χ3n) is 6.30. The summed E-state index contributed by atoms with van der Waals surface area (Å²) < 4.78 is 18.3. The number of hydrogen-bond donors (Lipinski definition) is 2. The fraction of sp³-hybridized carbons (Fsp3) is 0.179. The zero-order chi connectivity index (χ0) is 27.5. The first-order valence-electron chi connectivity index (χ1n) is 11.9. The lowest BCUT2D eigenvalue weighted by atomic mass is 9.95. The van der Waals surface area contributed by atoms with E-state index in [1.807, 2.05) is 37.3 Å². The number of carbonyl (C=O) groups is 1. The van der Waals surface area contributed by atoms with E-state index in [0.717, 1.165) is 11.1 Å². The van der Waals surface area contributed by atoms with Crippen LogP contribution in [0.1, 0.15) is 24.1 Å². The summed E-state index contributed by atoms with van der Waals surface area (Å²) in [5.74, 6) is 1.96. The summed E-state index contributed by atoms with van der Waals surface area (Å²) in [4.78, 5) is 18.0. The lowest BCUT2D eigenvalue weighted by molar-refractivity contribution is -0.113. The van der Waals surface area contributed by atoms with Gasteiger partial charge in [0.1, 0.15) is 36.2 Å². The first-order chi connectivity index (χ1) is 18.9. The van der Waals surface area contributed by atoms with Gasteiger partial charge in [-0.2, -0.15) is 10.1 Å². The molecule has 0 radical (unpaired) electrons. The second kappa shape index (κ2) is 11.3. The number of benzene rings is 3. The highest BCUT2D eigenvalue weighted by Crippen LogP contribution is 2.37. The zero-order valence-corrected chi connectivity index (χ0v) is 22.9. The average molecular weight is 566 g/mol. The molecule has 1 aliphatic heterocycles. The molecule has 0 saturated heterocycles. The largest absolute Gasteiger partial charge is 0.497 e. The Kier molecular flexibility index (Phi) is 7.63. The van der Waals surface area contributed by atoms with Gasteiger partial charge in [-0.1, -0.05) is 41.4 Å². The predicted octanol–water partition coefficient (Wildman–Crippen LogP) is 6.11. The van der Waals surface area contributed by atoms with Crippen LogP contribution in [0.3, 0.4) is 0 Å². The number of aromatic nitrogens is 3. The van der Waals surface area contributed by atoms with Crippen LogP contribution in [0.25, 0.3) is 0 Å². The Labute approximate surface area is 235 Å². The van der Waals surface area contributed by atoms with Crippen LogP contribution in [-0.2, 0) is 11.4 Å². The first-order valence-corrected chi connectivity index (χ1v) is 12.7. The van der Waals surface area contributed by atoms with Crippen LogP contribution in [-0.4, -0.2) is 34.9 Å². The minimum atomic E-state index is -0.534. The predicted molar refractivity (Wildman–Crippen MR) is 150 cm³/mol. The molecule has 0 bridgehead atoms. The summed E-state index contributed by atoms with van der Waals surface area (Å²) in [5, 5.41) is 11.6. The van der Waals surface area contributed by atoms with Gasteiger partial charge in [0.05, 0.1) is 25.5 Å². The van der Waals surface area contributed by atoms with Crippen molar-refractivity contribution in [3.63, 3.8) is 0 Å². The van der Waals surface area contributed by atoms with Crippen LogP contribution < -0.4 is 24.8 Å². The van der Waals surface area contributed by atoms with Gasteiger partial charge in [0.25, 0.3) is 5.91 Å².